The van der Waals surface area contributed by atoms with E-state index >= 15 is 0 Å². The maximum Gasteiger partial charge on any atom is 0.228 e. The molecule has 0 radical (unpaired) electrons. The van der Waals surface area contributed by atoms with Crippen LogP contribution in [0.4, 0.5) is 17.5 Å². The minimum atomic E-state index is -0.456. The number of aromatic nitrogens is 4. The molecule has 0 saturated carbocycles. The number of aliphatic hydroxyl groups excluding tert-OH is 1. The van der Waals surface area contributed by atoms with Crippen molar-refractivity contribution in [2.45, 2.75) is 25.3 Å². The number of benzene rings is 1. The van der Waals surface area contributed by atoms with E-state index in [0.29, 0.717) is 34.8 Å². The molecule has 4 heterocycles. The second-order valence-corrected chi connectivity index (χ2v) is 9.86. The van der Waals surface area contributed by atoms with Crippen LogP contribution in [0.15, 0.2) is 30.5 Å². The molecule has 2 aliphatic rings. The molecule has 0 unspecified atom stereocenters. The molecule has 2 aliphatic heterocycles. The molecule has 0 bridgehead atoms. The van der Waals surface area contributed by atoms with E-state index in [1.807, 2.05) is 29.8 Å². The Morgan fingerprint density at radius 2 is 2.24 bits per heavy atom. The standard InChI is InChI=1S/C24H27ClN8O/c1-24(14-34)13-28-22-17(10-26)7-16(8-18(22)24)19-3-5-27-23(29-19)30-21-9-20(25)31-33(21)12-15-4-6-32(2)11-15/h3,5,7-9,15,28,34H,4,6,11-14H2,1-2H3,(H,27,29,30)/t15-,24-/m1/s1. The maximum atomic E-state index is 9.97. The zero-order valence-electron chi connectivity index (χ0n) is 19.2. The molecule has 1 saturated heterocycles. The van der Waals surface area contributed by atoms with Crippen LogP contribution in [0, 0.1) is 17.2 Å². The molecular formula is C24H27ClN8O. The van der Waals surface area contributed by atoms with Crippen molar-refractivity contribution in [2.24, 2.45) is 5.92 Å². The van der Waals surface area contributed by atoms with Gasteiger partial charge in [0.25, 0.3) is 0 Å². The van der Waals surface area contributed by atoms with Gasteiger partial charge >= 0.3 is 0 Å². The maximum absolute atomic E-state index is 9.97. The van der Waals surface area contributed by atoms with E-state index in [-0.39, 0.29) is 6.61 Å². The zero-order chi connectivity index (χ0) is 23.9. The van der Waals surface area contributed by atoms with Crippen molar-refractivity contribution in [3.63, 3.8) is 0 Å². The van der Waals surface area contributed by atoms with Gasteiger partial charge in [-0.05, 0) is 49.7 Å². The lowest BCUT2D eigenvalue weighted by atomic mass is 9.83. The van der Waals surface area contributed by atoms with Crippen molar-refractivity contribution < 1.29 is 5.11 Å². The lowest BCUT2D eigenvalue weighted by Crippen LogP contribution is -2.28. The quantitative estimate of drug-likeness (QED) is 0.494. The van der Waals surface area contributed by atoms with Crippen LogP contribution in [0.25, 0.3) is 11.3 Å². The van der Waals surface area contributed by atoms with Gasteiger partial charge in [0, 0.05) is 42.9 Å². The van der Waals surface area contributed by atoms with E-state index in [2.05, 4.69) is 38.7 Å². The Morgan fingerprint density at radius 3 is 2.97 bits per heavy atom. The van der Waals surface area contributed by atoms with Crippen LogP contribution in [0.3, 0.4) is 0 Å². The summed E-state index contributed by atoms with van der Waals surface area (Å²) < 4.78 is 1.88. The summed E-state index contributed by atoms with van der Waals surface area (Å²) in [7, 11) is 2.13. The van der Waals surface area contributed by atoms with Crippen LogP contribution in [-0.4, -0.2) is 63.0 Å². The molecule has 176 valence electrons. The van der Waals surface area contributed by atoms with Crippen LogP contribution in [0.1, 0.15) is 24.5 Å². The first-order valence-electron chi connectivity index (χ1n) is 11.3. The Bertz CT molecular complexity index is 1270. The van der Waals surface area contributed by atoms with Crippen LogP contribution < -0.4 is 10.6 Å². The van der Waals surface area contributed by atoms with Gasteiger partial charge in [0.15, 0.2) is 5.15 Å². The van der Waals surface area contributed by atoms with Gasteiger partial charge in [0.1, 0.15) is 11.9 Å². The Morgan fingerprint density at radius 1 is 1.38 bits per heavy atom. The number of hydrogen-bond acceptors (Lipinski definition) is 8. The number of hydrogen-bond donors (Lipinski definition) is 3. The molecule has 1 fully saturated rings. The summed E-state index contributed by atoms with van der Waals surface area (Å²) in [6.07, 6.45) is 2.81. The highest BCUT2D eigenvalue weighted by molar-refractivity contribution is 6.29. The van der Waals surface area contributed by atoms with Gasteiger partial charge < -0.3 is 20.6 Å². The highest BCUT2D eigenvalue weighted by Crippen LogP contribution is 2.41. The van der Waals surface area contributed by atoms with Crippen molar-refractivity contribution in [1.82, 2.24) is 24.6 Å². The Hall–Kier alpha value is -3.19. The highest BCUT2D eigenvalue weighted by Gasteiger charge is 2.36. The number of aliphatic hydroxyl groups is 1. The fourth-order valence-electron chi connectivity index (χ4n) is 4.80. The van der Waals surface area contributed by atoms with Gasteiger partial charge in [-0.3, -0.25) is 0 Å². The monoisotopic (exact) mass is 478 g/mol. The summed E-state index contributed by atoms with van der Waals surface area (Å²) in [6, 6.07) is 9.67. The van der Waals surface area contributed by atoms with Crippen molar-refractivity contribution >= 4 is 29.1 Å². The minimum absolute atomic E-state index is 0.0144. The third-order valence-corrected chi connectivity index (χ3v) is 6.96. The first-order chi connectivity index (χ1) is 16.4. The molecule has 2 aromatic heterocycles. The van der Waals surface area contributed by atoms with Gasteiger partial charge in [-0.2, -0.15) is 10.4 Å². The summed E-state index contributed by atoms with van der Waals surface area (Å²) in [5.74, 6) is 1.67. The fraction of sp³-hybridized carbons (Fsp3) is 0.417. The molecule has 5 rings (SSSR count). The Labute approximate surface area is 203 Å². The average Bonchev–Trinajstić information content (AvgIpc) is 3.51. The normalized spacial score (nSPS) is 21.8. The average molecular weight is 479 g/mol. The van der Waals surface area contributed by atoms with E-state index in [1.54, 1.807) is 12.3 Å². The van der Waals surface area contributed by atoms with Crippen LogP contribution in [0.2, 0.25) is 5.15 Å². The number of fused-ring (bicyclic) bond motifs is 1. The largest absolute Gasteiger partial charge is 0.395 e. The zero-order valence-corrected chi connectivity index (χ0v) is 20.0. The molecule has 34 heavy (non-hydrogen) atoms. The SMILES string of the molecule is CN1CC[C@@H](Cn2nc(Cl)cc2Nc2nccc(-c3cc(C#N)c4c(c3)[C@@](C)(CO)CN4)n2)C1. The number of anilines is 3. The van der Waals surface area contributed by atoms with Gasteiger partial charge in [0.05, 0.1) is 23.6 Å². The fourth-order valence-corrected chi connectivity index (χ4v) is 5.00. The van der Waals surface area contributed by atoms with Gasteiger partial charge in [0.2, 0.25) is 5.95 Å². The third-order valence-electron chi connectivity index (χ3n) is 6.77. The van der Waals surface area contributed by atoms with E-state index in [1.165, 1.54) is 0 Å². The minimum Gasteiger partial charge on any atom is -0.395 e. The predicted octanol–water partition coefficient (Wildman–Crippen LogP) is 3.24. The summed E-state index contributed by atoms with van der Waals surface area (Å²) in [5.41, 5.74) is 3.25. The van der Waals surface area contributed by atoms with E-state index in [0.717, 1.165) is 48.7 Å². The smallest absolute Gasteiger partial charge is 0.228 e. The van der Waals surface area contributed by atoms with Crippen LogP contribution >= 0.6 is 11.6 Å². The van der Waals surface area contributed by atoms with Gasteiger partial charge in [-0.15, -0.1) is 0 Å². The summed E-state index contributed by atoms with van der Waals surface area (Å²) in [5, 5.41) is 31.1. The summed E-state index contributed by atoms with van der Waals surface area (Å²) in [4.78, 5) is 11.4. The number of nitrogens with zero attached hydrogens (tertiary/aromatic N) is 6. The predicted molar refractivity (Wildman–Crippen MR) is 131 cm³/mol. The van der Waals surface area contributed by atoms with E-state index < -0.39 is 5.41 Å². The molecule has 0 amide bonds. The molecule has 0 spiro atoms. The number of nitrogens with one attached hydrogen (secondary N) is 2. The molecule has 0 aliphatic carbocycles. The summed E-state index contributed by atoms with van der Waals surface area (Å²) >= 11 is 6.22. The number of likely N-dealkylation sites (tertiary alicyclic amines) is 1. The van der Waals surface area contributed by atoms with Crippen molar-refractivity contribution in [2.75, 3.05) is 43.9 Å². The lowest BCUT2D eigenvalue weighted by Gasteiger charge is -2.21. The van der Waals surface area contributed by atoms with E-state index in [9.17, 15) is 10.4 Å². The molecule has 3 N–H and O–H groups in total. The first-order valence-corrected chi connectivity index (χ1v) is 11.7. The second-order valence-electron chi connectivity index (χ2n) is 9.47. The van der Waals surface area contributed by atoms with E-state index in [4.69, 9.17) is 16.6 Å². The van der Waals surface area contributed by atoms with Crippen LogP contribution in [-0.2, 0) is 12.0 Å². The summed E-state index contributed by atoms with van der Waals surface area (Å²) in [6.45, 7) is 5.43. The number of rotatable bonds is 6. The number of halogens is 1. The molecule has 3 aromatic rings. The molecule has 1 aromatic carbocycles. The Kier molecular flexibility index (Phi) is 5.90. The van der Waals surface area contributed by atoms with Gasteiger partial charge in [-0.1, -0.05) is 18.5 Å². The Balaban J connectivity index is 1.44. The topological polar surface area (TPSA) is 115 Å². The molecule has 9 nitrogen and oxygen atoms in total. The molecule has 10 heteroatoms. The third kappa shape index (κ3) is 4.20. The molecule has 2 atom stereocenters. The first kappa shape index (κ1) is 22.6. The van der Waals surface area contributed by atoms with Crippen molar-refractivity contribution in [3.05, 3.63) is 46.7 Å². The highest BCUT2D eigenvalue weighted by atomic mass is 35.5. The molecular weight excluding hydrogens is 452 g/mol. The number of nitriles is 1. The second kappa shape index (κ2) is 8.87. The van der Waals surface area contributed by atoms with Gasteiger partial charge in [-0.25, -0.2) is 14.6 Å². The lowest BCUT2D eigenvalue weighted by molar-refractivity contribution is 0.219. The van der Waals surface area contributed by atoms with Crippen molar-refractivity contribution in [1.29, 1.82) is 5.26 Å². The van der Waals surface area contributed by atoms with Crippen molar-refractivity contribution in [3.8, 4) is 17.3 Å². The van der Waals surface area contributed by atoms with Crippen LogP contribution in [0.5, 0.6) is 0 Å².